The molecule has 0 saturated heterocycles. The molecule has 32 heavy (non-hydrogen) atoms. The average molecular weight is 436 g/mol. The molecule has 0 bridgehead atoms. The minimum absolute atomic E-state index is 0.0711. The number of allylic oxidation sites excluding steroid dienone is 1. The van der Waals surface area contributed by atoms with E-state index in [9.17, 15) is 5.11 Å². The number of phenols is 1. The third-order valence-corrected chi connectivity index (χ3v) is 6.62. The van der Waals surface area contributed by atoms with Crippen LogP contribution in [0.25, 0.3) is 22.5 Å². The van der Waals surface area contributed by atoms with Crippen molar-refractivity contribution in [3.05, 3.63) is 55.5 Å². The molecule has 0 amide bonds. The normalized spacial score (nSPS) is 23.6. The minimum atomic E-state index is -0.941. The lowest BCUT2D eigenvalue weighted by Crippen LogP contribution is -2.24. The van der Waals surface area contributed by atoms with Gasteiger partial charge < -0.3 is 9.67 Å². The molecule has 0 aliphatic heterocycles. The molecule has 1 fully saturated rings. The van der Waals surface area contributed by atoms with Gasteiger partial charge in [-0.3, -0.25) is 0 Å². The van der Waals surface area contributed by atoms with E-state index in [4.69, 9.17) is 0 Å². The van der Waals surface area contributed by atoms with Gasteiger partial charge in [-0.25, -0.2) is 14.4 Å². The van der Waals surface area contributed by atoms with Crippen LogP contribution >= 0.6 is 0 Å². The van der Waals surface area contributed by atoms with Crippen molar-refractivity contribution in [2.75, 3.05) is 0 Å². The average Bonchev–Trinajstić information content (AvgIpc) is 3.27. The van der Waals surface area contributed by atoms with E-state index >= 15 is 4.39 Å². The third kappa shape index (κ3) is 4.56. The number of aromatic hydroxyl groups is 1. The number of benzene rings is 1. The highest BCUT2D eigenvalue weighted by molar-refractivity contribution is 5.68. The van der Waals surface area contributed by atoms with Crippen molar-refractivity contribution in [2.45, 2.75) is 58.5 Å². The fourth-order valence-electron chi connectivity index (χ4n) is 4.88. The topological polar surface area (TPSA) is 76.7 Å². The lowest BCUT2D eigenvalue weighted by Gasteiger charge is -2.32. The number of nitrogens with zero attached hydrogens (tertiary/aromatic N) is 5. The van der Waals surface area contributed by atoms with Crippen molar-refractivity contribution in [3.8, 4) is 22.7 Å². The molecule has 1 aliphatic carbocycles. The zero-order valence-corrected chi connectivity index (χ0v) is 18.7. The highest BCUT2D eigenvalue weighted by Crippen LogP contribution is 2.45. The van der Waals surface area contributed by atoms with Crippen LogP contribution in [0.5, 0.6) is 5.75 Å². The Morgan fingerprint density at radius 1 is 1.34 bits per heavy atom. The predicted molar refractivity (Wildman–Crippen MR) is 123 cm³/mol. The number of alkyl halides is 1. The lowest BCUT2D eigenvalue weighted by molar-refractivity contribution is 0.199. The third-order valence-electron chi connectivity index (χ3n) is 6.62. The first-order chi connectivity index (χ1) is 15.4. The van der Waals surface area contributed by atoms with E-state index < -0.39 is 6.17 Å². The van der Waals surface area contributed by atoms with Crippen LogP contribution in [0.15, 0.2) is 49.7 Å². The molecular weight excluding hydrogens is 405 g/mol. The summed E-state index contributed by atoms with van der Waals surface area (Å²) in [4.78, 5) is 8.45. The molecule has 0 unspecified atom stereocenters. The Kier molecular flexibility index (Phi) is 6.35. The fourth-order valence-corrected chi connectivity index (χ4v) is 4.88. The first-order valence-electron chi connectivity index (χ1n) is 11.2. The summed E-state index contributed by atoms with van der Waals surface area (Å²) >= 11 is 0. The van der Waals surface area contributed by atoms with Crippen molar-refractivity contribution in [1.82, 2.24) is 24.7 Å². The van der Waals surface area contributed by atoms with Gasteiger partial charge in [-0.05, 0) is 55.2 Å². The maximum absolute atomic E-state index is 15.0. The predicted octanol–water partition coefficient (Wildman–Crippen LogP) is 5.78. The fraction of sp³-hybridized carbons (Fsp3) is 0.440. The van der Waals surface area contributed by atoms with Crippen molar-refractivity contribution in [1.29, 1.82) is 0 Å². The quantitative estimate of drug-likeness (QED) is 0.497. The van der Waals surface area contributed by atoms with E-state index in [1.165, 1.54) is 0 Å². The van der Waals surface area contributed by atoms with E-state index in [1.54, 1.807) is 41.6 Å². The molecular formula is C25H30FN5O. The molecule has 7 heteroatoms. The van der Waals surface area contributed by atoms with Gasteiger partial charge in [-0.1, -0.05) is 26.8 Å². The van der Waals surface area contributed by atoms with E-state index in [2.05, 4.69) is 40.6 Å². The number of imidazole rings is 1. The molecule has 3 atom stereocenters. The van der Waals surface area contributed by atoms with Gasteiger partial charge in [0.05, 0.1) is 18.2 Å². The monoisotopic (exact) mass is 435 g/mol. The second-order valence-electron chi connectivity index (χ2n) is 9.14. The highest BCUT2D eigenvalue weighted by Gasteiger charge is 2.37. The van der Waals surface area contributed by atoms with Gasteiger partial charge in [0.2, 0.25) is 0 Å². The molecule has 0 spiro atoms. The Bertz CT molecular complexity index is 1070. The number of hydrogen-bond donors (Lipinski definition) is 1. The number of halogens is 1. The molecule has 6 nitrogen and oxygen atoms in total. The summed E-state index contributed by atoms with van der Waals surface area (Å²) < 4.78 is 16.8. The summed E-state index contributed by atoms with van der Waals surface area (Å²) in [6, 6.07) is 5.27. The SMILES string of the molecule is C=C(c1ncc(-c2ccc(-n3ccnc3)cc2O)nn1)[C@@H]1C[C@](C)(CCC)CCC[C@H]1F. The van der Waals surface area contributed by atoms with Crippen LogP contribution in [0.1, 0.15) is 58.2 Å². The van der Waals surface area contributed by atoms with Crippen molar-refractivity contribution in [2.24, 2.45) is 11.3 Å². The van der Waals surface area contributed by atoms with Gasteiger partial charge in [0.25, 0.3) is 0 Å². The summed E-state index contributed by atoms with van der Waals surface area (Å²) in [7, 11) is 0. The van der Waals surface area contributed by atoms with Gasteiger partial charge >= 0.3 is 0 Å². The summed E-state index contributed by atoms with van der Waals surface area (Å²) in [6.07, 6.45) is 11.2. The molecule has 1 aliphatic rings. The Balaban J connectivity index is 1.55. The summed E-state index contributed by atoms with van der Waals surface area (Å²) in [5, 5.41) is 19.0. The highest BCUT2D eigenvalue weighted by atomic mass is 19.1. The van der Waals surface area contributed by atoms with Crippen LogP contribution < -0.4 is 0 Å². The molecule has 0 radical (unpaired) electrons. The molecule has 1 aromatic carbocycles. The standard InChI is InChI=1S/C25H30FN5O/c1-4-9-25(3)10-5-6-21(26)20(14-25)17(2)24-28-15-22(29-30-24)19-8-7-18(13-23(19)32)31-12-11-27-16-31/h7-8,11-13,15-16,20-21,32H,2,4-6,9-10,14H2,1,3H3/t20-,21+,25+/m0/s1. The molecule has 2 aromatic heterocycles. The maximum atomic E-state index is 15.0. The molecule has 1 N–H and O–H groups in total. The molecule has 168 valence electrons. The van der Waals surface area contributed by atoms with E-state index in [0.717, 1.165) is 37.8 Å². The number of rotatable bonds is 6. The lowest BCUT2D eigenvalue weighted by atomic mass is 9.74. The Hall–Kier alpha value is -3.09. The minimum Gasteiger partial charge on any atom is -0.507 e. The largest absolute Gasteiger partial charge is 0.507 e. The summed E-state index contributed by atoms with van der Waals surface area (Å²) in [5.41, 5.74) is 2.48. The number of aromatic nitrogens is 5. The van der Waals surface area contributed by atoms with Crippen LogP contribution in [-0.2, 0) is 0 Å². The van der Waals surface area contributed by atoms with Crippen LogP contribution in [0.4, 0.5) is 4.39 Å². The summed E-state index contributed by atoms with van der Waals surface area (Å²) in [5.74, 6) is 0.142. The van der Waals surface area contributed by atoms with Gasteiger partial charge in [0.15, 0.2) is 5.82 Å². The number of hydrogen-bond acceptors (Lipinski definition) is 5. The van der Waals surface area contributed by atoms with Crippen LogP contribution in [0.2, 0.25) is 0 Å². The van der Waals surface area contributed by atoms with Gasteiger partial charge in [-0.15, -0.1) is 10.2 Å². The first kappa shape index (κ1) is 22.1. The second-order valence-corrected chi connectivity index (χ2v) is 9.14. The molecule has 2 heterocycles. The van der Waals surface area contributed by atoms with Crippen molar-refractivity contribution in [3.63, 3.8) is 0 Å². The van der Waals surface area contributed by atoms with Gasteiger partial charge in [0.1, 0.15) is 17.6 Å². The van der Waals surface area contributed by atoms with E-state index in [1.807, 2.05) is 6.07 Å². The molecule has 1 saturated carbocycles. The van der Waals surface area contributed by atoms with Gasteiger partial charge in [-0.2, -0.15) is 0 Å². The van der Waals surface area contributed by atoms with Gasteiger partial charge in [0, 0.05) is 29.9 Å². The molecule has 4 rings (SSSR count). The van der Waals surface area contributed by atoms with Crippen LogP contribution in [0, 0.1) is 11.3 Å². The van der Waals surface area contributed by atoms with Crippen LogP contribution in [0.3, 0.4) is 0 Å². The van der Waals surface area contributed by atoms with E-state index in [0.29, 0.717) is 29.1 Å². The van der Waals surface area contributed by atoms with E-state index in [-0.39, 0.29) is 17.1 Å². The van der Waals surface area contributed by atoms with Crippen LogP contribution in [-0.4, -0.2) is 36.0 Å². The zero-order valence-electron chi connectivity index (χ0n) is 18.7. The Morgan fingerprint density at radius 2 is 2.19 bits per heavy atom. The summed E-state index contributed by atoms with van der Waals surface area (Å²) in [6.45, 7) is 8.60. The van der Waals surface area contributed by atoms with Crippen molar-refractivity contribution < 1.29 is 9.50 Å². The Morgan fingerprint density at radius 3 is 2.84 bits per heavy atom. The van der Waals surface area contributed by atoms with Crippen molar-refractivity contribution >= 4 is 5.57 Å². The maximum Gasteiger partial charge on any atom is 0.177 e. The number of phenolic OH excluding ortho intramolecular Hbond substituents is 1. The smallest absolute Gasteiger partial charge is 0.177 e. The Labute approximate surface area is 188 Å². The molecule has 3 aromatic rings. The zero-order chi connectivity index (χ0) is 22.7. The first-order valence-corrected chi connectivity index (χ1v) is 11.2. The second kappa shape index (κ2) is 9.18.